The average Bonchev–Trinajstić information content (AvgIpc) is 2.66. The monoisotopic (exact) mass is 388 g/mol. The highest BCUT2D eigenvalue weighted by molar-refractivity contribution is 7.80. The number of aryl methyl sites for hydroxylation is 1. The number of ether oxygens (including phenoxy) is 1. The molecular weight excluding hydrogens is 372 g/mol. The minimum absolute atomic E-state index is 0.131. The number of carbonyl (C=O) groups excluding carboxylic acids is 2. The number of hydrogen-bond donors (Lipinski definition) is 3. The molecular formula is C17H16N4O5S. The predicted octanol–water partition coefficient (Wildman–Crippen LogP) is 1.62. The normalized spacial score (nSPS) is 9.81. The van der Waals surface area contributed by atoms with Crippen molar-refractivity contribution in [3.63, 3.8) is 0 Å². The summed E-state index contributed by atoms with van der Waals surface area (Å²) in [6.45, 7) is 1.70. The van der Waals surface area contributed by atoms with Gasteiger partial charge in [0.2, 0.25) is 0 Å². The molecule has 140 valence electrons. The molecule has 10 heteroatoms. The lowest BCUT2D eigenvalue weighted by atomic mass is 10.2. The standard InChI is InChI=1S/C17H16N4O5S/c1-11-2-8-14(9-3-11)26-10-15(22)19-20-17(27)18-16(23)12-4-6-13(7-5-12)21(24)25/h2-9H,10H2,1H3,(H,19,22)(H2,18,20,23,27). The van der Waals surface area contributed by atoms with Crippen LogP contribution in [0.2, 0.25) is 0 Å². The summed E-state index contributed by atoms with van der Waals surface area (Å²) in [6.07, 6.45) is 0. The lowest BCUT2D eigenvalue weighted by Gasteiger charge is -2.11. The molecule has 2 amide bonds. The van der Waals surface area contributed by atoms with E-state index >= 15 is 0 Å². The maximum Gasteiger partial charge on any atom is 0.276 e. The molecule has 0 aromatic heterocycles. The first-order chi connectivity index (χ1) is 12.8. The first kappa shape index (κ1) is 19.8. The van der Waals surface area contributed by atoms with Crippen LogP contribution in [0.5, 0.6) is 5.75 Å². The highest BCUT2D eigenvalue weighted by atomic mass is 32.1. The summed E-state index contributed by atoms with van der Waals surface area (Å²) in [6, 6.07) is 12.2. The number of nitrogens with one attached hydrogen (secondary N) is 3. The van der Waals surface area contributed by atoms with E-state index in [-0.39, 0.29) is 23.0 Å². The van der Waals surface area contributed by atoms with Crippen LogP contribution in [-0.4, -0.2) is 28.5 Å². The summed E-state index contributed by atoms with van der Waals surface area (Å²) >= 11 is 4.90. The smallest absolute Gasteiger partial charge is 0.276 e. The number of hydrazine groups is 1. The van der Waals surface area contributed by atoms with E-state index in [0.717, 1.165) is 5.56 Å². The van der Waals surface area contributed by atoms with Crippen molar-refractivity contribution in [2.24, 2.45) is 0 Å². The SMILES string of the molecule is Cc1ccc(OCC(=O)NNC(=S)NC(=O)c2ccc([N+](=O)[O-])cc2)cc1. The Morgan fingerprint density at radius 3 is 2.30 bits per heavy atom. The van der Waals surface area contributed by atoms with E-state index in [0.29, 0.717) is 5.75 Å². The van der Waals surface area contributed by atoms with Gasteiger partial charge in [0.15, 0.2) is 11.7 Å². The number of amides is 2. The third-order valence-corrected chi connectivity index (χ3v) is 3.48. The van der Waals surface area contributed by atoms with Gasteiger partial charge in [0, 0.05) is 17.7 Å². The van der Waals surface area contributed by atoms with Gasteiger partial charge in [0.25, 0.3) is 17.5 Å². The molecule has 0 saturated carbocycles. The van der Waals surface area contributed by atoms with Gasteiger partial charge in [-0.05, 0) is 43.4 Å². The third kappa shape index (κ3) is 6.36. The van der Waals surface area contributed by atoms with Crippen molar-refractivity contribution in [3.8, 4) is 5.75 Å². The van der Waals surface area contributed by atoms with E-state index in [1.165, 1.54) is 24.3 Å². The molecule has 0 aliphatic rings. The number of non-ortho nitro benzene ring substituents is 1. The second-order valence-corrected chi connectivity index (χ2v) is 5.77. The largest absolute Gasteiger partial charge is 0.484 e. The van der Waals surface area contributed by atoms with Crippen molar-refractivity contribution in [3.05, 3.63) is 69.8 Å². The number of nitro benzene ring substituents is 1. The summed E-state index contributed by atoms with van der Waals surface area (Å²) in [5, 5.41) is 12.8. The van der Waals surface area contributed by atoms with E-state index in [2.05, 4.69) is 16.2 Å². The van der Waals surface area contributed by atoms with Gasteiger partial charge in [-0.1, -0.05) is 17.7 Å². The number of rotatable bonds is 5. The maximum atomic E-state index is 12.0. The zero-order valence-electron chi connectivity index (χ0n) is 14.2. The molecule has 0 aliphatic heterocycles. The summed E-state index contributed by atoms with van der Waals surface area (Å²) in [5.41, 5.74) is 5.78. The number of thiocarbonyl (C=S) groups is 1. The molecule has 3 N–H and O–H groups in total. The number of benzene rings is 2. The van der Waals surface area contributed by atoms with Crippen LogP contribution < -0.4 is 20.9 Å². The number of nitrogens with zero attached hydrogens (tertiary/aromatic N) is 1. The molecule has 2 aromatic rings. The van der Waals surface area contributed by atoms with Gasteiger partial charge >= 0.3 is 0 Å². The number of nitro groups is 1. The Morgan fingerprint density at radius 1 is 1.07 bits per heavy atom. The fraction of sp³-hybridized carbons (Fsp3) is 0.118. The Bertz CT molecular complexity index is 853. The van der Waals surface area contributed by atoms with Gasteiger partial charge < -0.3 is 4.74 Å². The van der Waals surface area contributed by atoms with E-state index in [1.807, 2.05) is 19.1 Å². The summed E-state index contributed by atoms with van der Waals surface area (Å²) in [5.74, 6) is -0.528. The molecule has 27 heavy (non-hydrogen) atoms. The lowest BCUT2D eigenvalue weighted by molar-refractivity contribution is -0.384. The molecule has 0 spiro atoms. The van der Waals surface area contributed by atoms with Crippen LogP contribution >= 0.6 is 12.2 Å². The van der Waals surface area contributed by atoms with Crippen molar-refractivity contribution < 1.29 is 19.2 Å². The van der Waals surface area contributed by atoms with Gasteiger partial charge in [0.05, 0.1) is 4.92 Å². The molecule has 0 heterocycles. The second kappa shape index (κ2) is 9.25. The topological polar surface area (TPSA) is 123 Å². The molecule has 0 aliphatic carbocycles. The predicted molar refractivity (Wildman–Crippen MR) is 101 cm³/mol. The van der Waals surface area contributed by atoms with E-state index in [4.69, 9.17) is 17.0 Å². The van der Waals surface area contributed by atoms with E-state index in [9.17, 15) is 19.7 Å². The molecule has 0 unspecified atom stereocenters. The molecule has 0 saturated heterocycles. The Morgan fingerprint density at radius 2 is 1.70 bits per heavy atom. The molecule has 0 atom stereocenters. The van der Waals surface area contributed by atoms with Crippen molar-refractivity contribution in [1.82, 2.24) is 16.2 Å². The Labute approximate surface area is 159 Å². The lowest BCUT2D eigenvalue weighted by Crippen LogP contribution is -2.49. The van der Waals surface area contributed by atoms with Crippen LogP contribution in [0.1, 0.15) is 15.9 Å². The van der Waals surface area contributed by atoms with Crippen LogP contribution in [0.15, 0.2) is 48.5 Å². The van der Waals surface area contributed by atoms with Crippen LogP contribution in [0.3, 0.4) is 0 Å². The third-order valence-electron chi connectivity index (χ3n) is 3.27. The number of hydrogen-bond acceptors (Lipinski definition) is 6. The average molecular weight is 388 g/mol. The fourth-order valence-corrected chi connectivity index (χ4v) is 2.03. The molecule has 2 aromatic carbocycles. The Kier molecular flexibility index (Phi) is 6.78. The zero-order valence-corrected chi connectivity index (χ0v) is 15.0. The number of carbonyl (C=O) groups is 2. The van der Waals surface area contributed by atoms with E-state index < -0.39 is 16.7 Å². The fourth-order valence-electron chi connectivity index (χ4n) is 1.89. The summed E-state index contributed by atoms with van der Waals surface area (Å²) in [4.78, 5) is 33.7. The molecule has 0 fully saturated rings. The van der Waals surface area contributed by atoms with E-state index in [1.54, 1.807) is 12.1 Å². The zero-order chi connectivity index (χ0) is 19.8. The first-order valence-electron chi connectivity index (χ1n) is 7.69. The minimum Gasteiger partial charge on any atom is -0.484 e. The quantitative estimate of drug-likeness (QED) is 0.404. The minimum atomic E-state index is -0.576. The van der Waals surface area contributed by atoms with Gasteiger partial charge in [-0.15, -0.1) is 0 Å². The van der Waals surface area contributed by atoms with Gasteiger partial charge in [-0.3, -0.25) is 35.9 Å². The Hall–Kier alpha value is -3.53. The van der Waals surface area contributed by atoms with Crippen LogP contribution in [0, 0.1) is 17.0 Å². The maximum absolute atomic E-state index is 12.0. The molecule has 0 bridgehead atoms. The Balaban J connectivity index is 1.74. The van der Waals surface area contributed by atoms with Crippen molar-refractivity contribution >= 4 is 34.8 Å². The van der Waals surface area contributed by atoms with Crippen molar-refractivity contribution in [2.75, 3.05) is 6.61 Å². The molecule has 2 rings (SSSR count). The van der Waals surface area contributed by atoms with Crippen LogP contribution in [0.25, 0.3) is 0 Å². The highest BCUT2D eigenvalue weighted by Gasteiger charge is 2.11. The van der Waals surface area contributed by atoms with Crippen LogP contribution in [0.4, 0.5) is 5.69 Å². The van der Waals surface area contributed by atoms with Crippen LogP contribution in [-0.2, 0) is 4.79 Å². The van der Waals surface area contributed by atoms with Crippen molar-refractivity contribution in [1.29, 1.82) is 0 Å². The van der Waals surface area contributed by atoms with Crippen molar-refractivity contribution in [2.45, 2.75) is 6.92 Å². The van der Waals surface area contributed by atoms with Gasteiger partial charge in [-0.25, -0.2) is 0 Å². The highest BCUT2D eigenvalue weighted by Crippen LogP contribution is 2.12. The summed E-state index contributed by atoms with van der Waals surface area (Å²) < 4.78 is 5.30. The summed E-state index contributed by atoms with van der Waals surface area (Å²) in [7, 11) is 0. The van der Waals surface area contributed by atoms with Gasteiger partial charge in [-0.2, -0.15) is 0 Å². The molecule has 0 radical (unpaired) electrons. The van der Waals surface area contributed by atoms with Gasteiger partial charge in [0.1, 0.15) is 5.75 Å². The first-order valence-corrected chi connectivity index (χ1v) is 8.10. The molecule has 9 nitrogen and oxygen atoms in total. The second-order valence-electron chi connectivity index (χ2n) is 5.36.